The van der Waals surface area contributed by atoms with E-state index >= 15 is 4.57 Å². The lowest BCUT2D eigenvalue weighted by molar-refractivity contribution is -0.347. The Bertz CT molecular complexity index is 2850. The van der Waals surface area contributed by atoms with Crippen LogP contribution in [0.25, 0.3) is 0 Å². The van der Waals surface area contributed by atoms with Crippen LogP contribution in [0, 0.1) is 0 Å². The summed E-state index contributed by atoms with van der Waals surface area (Å²) >= 11 is 0. The SMILES string of the molecule is CN(C)P(=O)(O[C@H]1O[C@H](CO[C@@H]2O[C@H](COCc3ccccc3)[C@@H](OCc3ccccc3)[C@H](OCc3ccccc3)[C@H]2OCc2ccccc2)[C@@H](OCc2ccccc2)[C@H](OCc2ccccc2)[C@H]1OCc1ccccc1)N(C)C. The standard InChI is InChI=1S/C65H75N2O12P/c1-66(2)80(68,67(3)4)79-65-63(75-46-55-38-24-11-25-39-55)61(73-44-53-34-20-9-21-35-53)59(71-42-51-30-16-7-17-31-51)57(78-65)48-76-64-62(74-45-54-36-22-10-23-37-54)60(72-43-52-32-18-8-19-33-52)58(70-41-50-28-14-6-15-29-50)56(77-64)47-69-40-49-26-12-5-13-27-49/h5-39,56-65H,40-48H2,1-4H3/t56-,57-,58-,59-,60+,61+,62-,63-,64-,65-/m1/s1. The summed E-state index contributed by atoms with van der Waals surface area (Å²) in [5.41, 5.74) is 6.68. The Labute approximate surface area is 471 Å². The van der Waals surface area contributed by atoms with E-state index < -0.39 is 69.1 Å². The zero-order valence-corrected chi connectivity index (χ0v) is 47.0. The molecule has 2 fully saturated rings. The van der Waals surface area contributed by atoms with Crippen LogP contribution in [0.1, 0.15) is 38.9 Å². The monoisotopic (exact) mass is 1110 g/mol. The lowest BCUT2D eigenvalue weighted by atomic mass is 9.97. The molecule has 0 amide bonds. The van der Waals surface area contributed by atoms with Crippen LogP contribution in [0.2, 0.25) is 0 Å². The van der Waals surface area contributed by atoms with Gasteiger partial charge in [0.25, 0.3) is 0 Å². The normalized spacial score (nSPS) is 23.3. The van der Waals surface area contributed by atoms with Crippen molar-refractivity contribution in [2.24, 2.45) is 0 Å². The molecule has 2 aliphatic heterocycles. The average Bonchev–Trinajstić information content (AvgIpc) is 3.50. The molecule has 2 heterocycles. The van der Waals surface area contributed by atoms with Gasteiger partial charge in [-0.05, 0) is 67.1 Å². The van der Waals surface area contributed by atoms with Crippen LogP contribution in [0.15, 0.2) is 212 Å². The van der Waals surface area contributed by atoms with Crippen LogP contribution in [-0.4, -0.2) is 112 Å². The van der Waals surface area contributed by atoms with E-state index in [-0.39, 0.29) is 52.9 Å². The third-order valence-electron chi connectivity index (χ3n) is 14.0. The van der Waals surface area contributed by atoms with Gasteiger partial charge in [-0.25, -0.2) is 9.34 Å². The molecule has 14 nitrogen and oxygen atoms in total. The largest absolute Gasteiger partial charge is 0.374 e. The maximum absolute atomic E-state index is 15.0. The minimum atomic E-state index is -3.75. The third kappa shape index (κ3) is 16.7. The second-order valence-electron chi connectivity index (χ2n) is 20.3. The van der Waals surface area contributed by atoms with E-state index in [2.05, 4.69) is 0 Å². The van der Waals surface area contributed by atoms with Crippen molar-refractivity contribution in [1.82, 2.24) is 9.34 Å². The number of ether oxygens (including phenoxy) is 10. The molecule has 0 unspecified atom stereocenters. The lowest BCUT2D eigenvalue weighted by Gasteiger charge is -2.48. The van der Waals surface area contributed by atoms with Gasteiger partial charge < -0.3 is 47.4 Å². The smallest absolute Gasteiger partial charge is 0.347 e. The third-order valence-corrected chi connectivity index (χ3v) is 16.5. The summed E-state index contributed by atoms with van der Waals surface area (Å²) in [5.74, 6) is 0. The zero-order valence-electron chi connectivity index (χ0n) is 46.1. The van der Waals surface area contributed by atoms with E-state index in [0.717, 1.165) is 38.9 Å². The molecule has 10 atom stereocenters. The molecule has 7 aromatic carbocycles. The number of hydrogen-bond acceptors (Lipinski definition) is 12. The minimum Gasteiger partial charge on any atom is -0.374 e. The van der Waals surface area contributed by atoms with Gasteiger partial charge >= 0.3 is 7.67 Å². The highest BCUT2D eigenvalue weighted by Gasteiger charge is 2.54. The molecular formula is C65H75N2O12P. The predicted molar refractivity (Wildman–Crippen MR) is 306 cm³/mol. The Morgan fingerprint density at radius 3 is 0.912 bits per heavy atom. The van der Waals surface area contributed by atoms with Crippen molar-refractivity contribution >= 4 is 7.67 Å². The number of benzene rings is 7. The van der Waals surface area contributed by atoms with E-state index in [9.17, 15) is 0 Å². The molecule has 0 saturated carbocycles. The molecule has 422 valence electrons. The first-order chi connectivity index (χ1) is 39.2. The molecule has 0 radical (unpaired) electrons. The highest BCUT2D eigenvalue weighted by atomic mass is 31.2. The molecule has 0 aliphatic carbocycles. The number of hydrogen-bond donors (Lipinski definition) is 0. The average molecular weight is 1110 g/mol. The molecular weight excluding hydrogens is 1030 g/mol. The van der Waals surface area contributed by atoms with Gasteiger partial charge in [-0.1, -0.05) is 212 Å². The van der Waals surface area contributed by atoms with Gasteiger partial charge in [-0.3, -0.25) is 9.09 Å². The van der Waals surface area contributed by atoms with Gasteiger partial charge in [0.2, 0.25) is 0 Å². The summed E-state index contributed by atoms with van der Waals surface area (Å²) in [5, 5.41) is 0. The molecule has 7 aromatic rings. The van der Waals surface area contributed by atoms with Gasteiger partial charge in [0.15, 0.2) is 12.6 Å². The first kappa shape index (κ1) is 58.9. The molecule has 2 aliphatic rings. The van der Waals surface area contributed by atoms with Crippen molar-refractivity contribution in [2.45, 2.75) is 108 Å². The summed E-state index contributed by atoms with van der Waals surface area (Å²) in [6, 6.07) is 69.7. The van der Waals surface area contributed by atoms with Crippen molar-refractivity contribution in [3.8, 4) is 0 Å². The van der Waals surface area contributed by atoms with E-state index in [1.54, 1.807) is 37.5 Å². The molecule has 0 aromatic heterocycles. The summed E-state index contributed by atoms with van der Waals surface area (Å²) in [6.45, 7) is 1.60. The number of rotatable bonds is 29. The molecule has 80 heavy (non-hydrogen) atoms. The molecule has 0 N–H and O–H groups in total. The molecule has 15 heteroatoms. The van der Waals surface area contributed by atoms with Gasteiger partial charge in [0.05, 0.1) is 59.5 Å². The zero-order chi connectivity index (χ0) is 55.4. The van der Waals surface area contributed by atoms with Crippen molar-refractivity contribution in [2.75, 3.05) is 41.4 Å². The predicted octanol–water partition coefficient (Wildman–Crippen LogP) is 11.4. The lowest BCUT2D eigenvalue weighted by Crippen LogP contribution is -2.64. The summed E-state index contributed by atoms with van der Waals surface area (Å²) in [7, 11) is 3.09. The topological polar surface area (TPSA) is 125 Å². The van der Waals surface area contributed by atoms with Crippen LogP contribution in [0.5, 0.6) is 0 Å². The Kier molecular flexibility index (Phi) is 22.3. The van der Waals surface area contributed by atoms with Crippen molar-refractivity contribution < 1.29 is 56.5 Å². The first-order valence-corrected chi connectivity index (χ1v) is 28.8. The van der Waals surface area contributed by atoms with E-state index in [4.69, 9.17) is 51.9 Å². The van der Waals surface area contributed by atoms with Crippen LogP contribution in [0.4, 0.5) is 0 Å². The van der Waals surface area contributed by atoms with Gasteiger partial charge in [-0.15, -0.1) is 0 Å². The van der Waals surface area contributed by atoms with E-state index in [1.807, 2.05) is 212 Å². The first-order valence-electron chi connectivity index (χ1n) is 27.3. The molecule has 2 saturated heterocycles. The Morgan fingerprint density at radius 2 is 0.588 bits per heavy atom. The van der Waals surface area contributed by atoms with Crippen LogP contribution < -0.4 is 0 Å². The van der Waals surface area contributed by atoms with Crippen LogP contribution >= 0.6 is 7.67 Å². The number of nitrogens with zero attached hydrogens (tertiary/aromatic N) is 2. The quantitative estimate of drug-likeness (QED) is 0.0413. The Morgan fingerprint density at radius 1 is 0.325 bits per heavy atom. The van der Waals surface area contributed by atoms with Gasteiger partial charge in [0, 0.05) is 0 Å². The second-order valence-corrected chi connectivity index (χ2v) is 23.1. The van der Waals surface area contributed by atoms with Crippen LogP contribution in [0.3, 0.4) is 0 Å². The van der Waals surface area contributed by atoms with Crippen molar-refractivity contribution in [3.63, 3.8) is 0 Å². The fourth-order valence-electron chi connectivity index (χ4n) is 9.72. The Balaban J connectivity index is 1.10. The Hall–Kier alpha value is -5.75. The summed E-state index contributed by atoms with van der Waals surface area (Å²) in [4.78, 5) is 0. The van der Waals surface area contributed by atoms with Gasteiger partial charge in [0.1, 0.15) is 48.8 Å². The van der Waals surface area contributed by atoms with Crippen molar-refractivity contribution in [1.29, 1.82) is 0 Å². The fourth-order valence-corrected chi connectivity index (χ4v) is 11.3. The maximum Gasteiger partial charge on any atom is 0.347 e. The van der Waals surface area contributed by atoms with E-state index in [0.29, 0.717) is 6.61 Å². The maximum atomic E-state index is 15.0. The molecule has 0 bridgehead atoms. The highest BCUT2D eigenvalue weighted by Crippen LogP contribution is 2.53. The molecule has 9 rings (SSSR count). The second kappa shape index (κ2) is 30.3. The van der Waals surface area contributed by atoms with E-state index in [1.165, 1.54) is 0 Å². The highest BCUT2D eigenvalue weighted by molar-refractivity contribution is 7.53. The van der Waals surface area contributed by atoms with Crippen molar-refractivity contribution in [3.05, 3.63) is 251 Å². The van der Waals surface area contributed by atoms with Gasteiger partial charge in [-0.2, -0.15) is 0 Å². The van der Waals surface area contributed by atoms with Crippen LogP contribution in [-0.2, 0) is 103 Å². The fraction of sp³-hybridized carbons (Fsp3) is 0.354. The molecule has 0 spiro atoms. The summed E-state index contributed by atoms with van der Waals surface area (Å²) in [6.07, 6.45) is -9.07. The summed E-state index contributed by atoms with van der Waals surface area (Å²) < 4.78 is 94.8. The minimum absolute atomic E-state index is 0.129.